The number of halogens is 20. The van der Waals surface area contributed by atoms with Gasteiger partial charge in [0.05, 0.1) is 11.4 Å². The SMILES string of the molecule is [CH2-]n1c2ccc1c(-c1c(F)c(F)c(F)c(F)c1F)c1[n+]([CH2-])c(c(-c3c(F)c(F)c(F)c(F)c3F)c3ccc(c(-c4c(F)c(F)c(F)c(F)c4F)c4[n+]([CH2-])c(c2-c2c(F)c(F)c(F)c(F)c2F)C=C4)n3[CH2-])CC1. The van der Waals surface area contributed by atoms with Crippen LogP contribution in [0, 0.1) is 145 Å². The van der Waals surface area contributed by atoms with Crippen LogP contribution in [0.2, 0.25) is 0 Å². The zero-order valence-electron chi connectivity index (χ0n) is 35.1. The van der Waals surface area contributed by atoms with Crippen molar-refractivity contribution in [3.63, 3.8) is 0 Å². The van der Waals surface area contributed by atoms with Crippen LogP contribution >= 0.6 is 0 Å². The van der Waals surface area contributed by atoms with Gasteiger partial charge in [0.25, 0.3) is 0 Å². The maximum atomic E-state index is 16.2. The summed E-state index contributed by atoms with van der Waals surface area (Å²) >= 11 is 0. The van der Waals surface area contributed by atoms with E-state index in [9.17, 15) is 17.6 Å². The van der Waals surface area contributed by atoms with Crippen LogP contribution in [0.5, 0.6) is 0 Å². The van der Waals surface area contributed by atoms with Crippen LogP contribution < -0.4 is 9.13 Å². The molecule has 2 aliphatic heterocycles. The van der Waals surface area contributed by atoms with E-state index < -0.39 is 219 Å². The van der Waals surface area contributed by atoms with E-state index in [-0.39, 0.29) is 0 Å². The zero-order valence-corrected chi connectivity index (χ0v) is 35.1. The molecule has 372 valence electrons. The number of benzene rings is 4. The Kier molecular flexibility index (Phi) is 11.3. The Bertz CT molecular complexity index is 3510. The van der Waals surface area contributed by atoms with Gasteiger partial charge in [0.1, 0.15) is 11.4 Å². The van der Waals surface area contributed by atoms with Crippen LogP contribution in [-0.4, -0.2) is 9.13 Å². The number of hydrogen-bond acceptors (Lipinski definition) is 0. The molecule has 0 spiro atoms. The molecule has 0 atom stereocenters. The number of fused-ring (bicyclic) bond motifs is 8. The smallest absolute Gasteiger partial charge is 0.200 e. The second kappa shape index (κ2) is 16.7. The van der Waals surface area contributed by atoms with Gasteiger partial charge in [-0.3, -0.25) is 0 Å². The second-order valence-corrected chi connectivity index (χ2v) is 15.7. The third kappa shape index (κ3) is 6.48. The van der Waals surface area contributed by atoms with Crippen LogP contribution in [0.3, 0.4) is 0 Å². The van der Waals surface area contributed by atoms with Gasteiger partial charge in [-0.15, -0.1) is 38.4 Å². The Balaban J connectivity index is 1.68. The molecule has 24 heteroatoms. The molecule has 4 nitrogen and oxygen atoms in total. The molecule has 0 saturated carbocycles. The minimum absolute atomic E-state index is 0.347. The standard InChI is InChI=1S/C48H18F20N4/c1-69-13-5-6-14(69)22(26-31(51)39(59)46(66)40(60)32(26)52)16-8-10-18(71(16)3)24(28-35(55)43(63)48(68)44(64)36(28)56)20-12-11-19(72(20)4)23(27-33(53)41(61)47(67)42(62)34(27)54)17-9-7-15(70(17)2)21(13)25-29(49)37(57)45(65)38(58)30(25)50/h5-10H,1-4,11-12H2/q-2. The van der Waals surface area contributed by atoms with Crippen molar-refractivity contribution in [1.29, 1.82) is 0 Å². The van der Waals surface area contributed by atoms with Gasteiger partial charge in [0, 0.05) is 36.3 Å². The molecule has 0 saturated heterocycles. The first-order chi connectivity index (χ1) is 33.8. The molecular weight excluding hydrogens is 1010 g/mol. The average molecular weight is 1030 g/mol. The summed E-state index contributed by atoms with van der Waals surface area (Å²) in [7, 11) is 14.5. The summed E-state index contributed by atoms with van der Waals surface area (Å²) in [5.41, 5.74) is -19.5. The lowest BCUT2D eigenvalue weighted by atomic mass is 9.98. The number of hydrogen-bond donors (Lipinski definition) is 0. The quantitative estimate of drug-likeness (QED) is 0.0550. The van der Waals surface area contributed by atoms with Crippen LogP contribution in [0.1, 0.15) is 22.8 Å². The summed E-state index contributed by atoms with van der Waals surface area (Å²) in [6.45, 7) is 0. The molecule has 8 bridgehead atoms. The van der Waals surface area contributed by atoms with Crippen LogP contribution in [0.4, 0.5) is 87.8 Å². The maximum Gasteiger partial charge on any atom is 0.200 e. The van der Waals surface area contributed by atoms with Crippen molar-refractivity contribution in [3.05, 3.63) is 192 Å². The lowest BCUT2D eigenvalue weighted by Gasteiger charge is -2.22. The number of nitrogens with zero attached hydrogens (tertiary/aromatic N) is 4. The molecular formula is C48H18F20N4-2. The van der Waals surface area contributed by atoms with Crippen molar-refractivity contribution in [2.75, 3.05) is 0 Å². The molecule has 0 fully saturated rings. The van der Waals surface area contributed by atoms with E-state index in [1.807, 2.05) is 0 Å². The zero-order chi connectivity index (χ0) is 52.8. The van der Waals surface area contributed by atoms with E-state index in [0.29, 0.717) is 54.7 Å². The molecule has 0 N–H and O–H groups in total. The maximum absolute atomic E-state index is 16.2. The molecule has 2 aliphatic rings. The highest BCUT2D eigenvalue weighted by Gasteiger charge is 2.35. The van der Waals surface area contributed by atoms with Crippen molar-refractivity contribution in [2.24, 2.45) is 0 Å². The molecule has 72 heavy (non-hydrogen) atoms. The summed E-state index contributed by atoms with van der Waals surface area (Å²) in [4.78, 5) is 0. The van der Waals surface area contributed by atoms with Gasteiger partial charge in [0.2, 0.25) is 23.3 Å². The van der Waals surface area contributed by atoms with E-state index in [1.54, 1.807) is 0 Å². The Morgan fingerprint density at radius 3 is 0.708 bits per heavy atom. The molecule has 5 heterocycles. The number of rotatable bonds is 4. The predicted octanol–water partition coefficient (Wildman–Crippen LogP) is 13.0. The van der Waals surface area contributed by atoms with Crippen LogP contribution in [0.15, 0.2) is 24.3 Å². The highest BCUT2D eigenvalue weighted by molar-refractivity contribution is 5.97. The van der Waals surface area contributed by atoms with Crippen molar-refractivity contribution >= 4 is 34.2 Å². The molecule has 0 aliphatic carbocycles. The highest BCUT2D eigenvalue weighted by atomic mass is 19.2. The van der Waals surface area contributed by atoms with Gasteiger partial charge in [-0.05, 0) is 35.1 Å². The first kappa shape index (κ1) is 48.8. The molecule has 0 radical (unpaired) electrons. The summed E-state index contributed by atoms with van der Waals surface area (Å²) in [5.74, 6) is -52.7. The lowest BCUT2D eigenvalue weighted by molar-refractivity contribution is -0.617. The van der Waals surface area contributed by atoms with Gasteiger partial charge < -0.3 is 18.3 Å². The highest BCUT2D eigenvalue weighted by Crippen LogP contribution is 2.45. The van der Waals surface area contributed by atoms with Crippen LogP contribution in [-0.2, 0) is 12.8 Å². The molecule has 9 rings (SSSR count). The first-order valence-corrected chi connectivity index (χ1v) is 19.8. The summed E-state index contributed by atoms with van der Waals surface area (Å²) in [6.07, 6.45) is -0.401. The first-order valence-electron chi connectivity index (χ1n) is 19.8. The molecule has 0 unspecified atom stereocenters. The third-order valence-electron chi connectivity index (χ3n) is 12.1. The fourth-order valence-electron chi connectivity index (χ4n) is 8.81. The summed E-state index contributed by atoms with van der Waals surface area (Å²) in [6, 6.07) is 2.66. The minimum Gasteiger partial charge on any atom is -0.482 e. The Hall–Kier alpha value is -8.18. The van der Waals surface area contributed by atoms with Crippen molar-refractivity contribution in [2.45, 2.75) is 12.8 Å². The molecule has 3 aromatic heterocycles. The van der Waals surface area contributed by atoms with Gasteiger partial charge in [-0.25, -0.2) is 87.8 Å². The molecule has 0 amide bonds. The van der Waals surface area contributed by atoms with Gasteiger partial charge in [0.15, 0.2) is 93.1 Å². The summed E-state index contributed by atoms with van der Waals surface area (Å²) < 4.78 is 310. The Morgan fingerprint density at radius 2 is 0.472 bits per heavy atom. The second-order valence-electron chi connectivity index (χ2n) is 15.7. The molecule has 7 aromatic rings. The Labute approximate surface area is 388 Å². The van der Waals surface area contributed by atoms with Gasteiger partial charge in [-0.1, -0.05) is 34.2 Å². The topological polar surface area (TPSA) is 17.6 Å². The van der Waals surface area contributed by atoms with Crippen molar-refractivity contribution in [1.82, 2.24) is 9.13 Å². The third-order valence-corrected chi connectivity index (χ3v) is 12.1. The predicted molar refractivity (Wildman–Crippen MR) is 213 cm³/mol. The van der Waals surface area contributed by atoms with Crippen LogP contribution in [0.25, 0.3) is 78.7 Å². The van der Waals surface area contributed by atoms with E-state index in [1.165, 1.54) is 0 Å². The molecule has 4 aromatic carbocycles. The van der Waals surface area contributed by atoms with E-state index >= 15 is 70.2 Å². The number of aromatic nitrogens is 4. The normalized spacial score (nSPS) is 12.5. The minimum atomic E-state index is -2.72. The fraction of sp³-hybridized carbons (Fsp3) is 0.0417. The van der Waals surface area contributed by atoms with E-state index in [4.69, 9.17) is 0 Å². The van der Waals surface area contributed by atoms with E-state index in [0.717, 1.165) is 0 Å². The van der Waals surface area contributed by atoms with Crippen molar-refractivity contribution < 1.29 is 96.9 Å². The fourth-order valence-corrected chi connectivity index (χ4v) is 8.81. The Morgan fingerprint density at radius 1 is 0.278 bits per heavy atom. The largest absolute Gasteiger partial charge is 0.482 e. The van der Waals surface area contributed by atoms with Gasteiger partial charge >= 0.3 is 0 Å². The monoisotopic (exact) mass is 1030 g/mol. The van der Waals surface area contributed by atoms with Crippen molar-refractivity contribution in [3.8, 4) is 44.5 Å². The van der Waals surface area contributed by atoms with E-state index in [2.05, 4.69) is 28.2 Å². The van der Waals surface area contributed by atoms with Gasteiger partial charge in [-0.2, -0.15) is 0 Å². The average Bonchev–Trinajstić information content (AvgIpc) is 4.14. The summed E-state index contributed by atoms with van der Waals surface area (Å²) in [5, 5.41) is 0. The lowest BCUT2D eigenvalue weighted by Crippen LogP contribution is -2.31.